The van der Waals surface area contributed by atoms with Crippen molar-refractivity contribution in [2.24, 2.45) is 7.05 Å². The SMILES string of the molecule is CN(C)CC1(c2cc(-c3ccc(NS(=O)(=O)c4ccccc4)cc3)c3c(N)nn(C)c3n2)CC1. The molecule has 3 N–H and O–H groups in total. The van der Waals surface area contributed by atoms with Crippen LogP contribution < -0.4 is 10.5 Å². The number of pyridine rings is 1. The maximum atomic E-state index is 12.7. The number of nitrogens with one attached hydrogen (secondary N) is 1. The molecular formula is C25H28N6O2S. The van der Waals surface area contributed by atoms with E-state index in [1.54, 1.807) is 47.1 Å². The van der Waals surface area contributed by atoms with Crippen LogP contribution in [0.4, 0.5) is 11.5 Å². The molecular weight excluding hydrogens is 448 g/mol. The first kappa shape index (κ1) is 22.4. The van der Waals surface area contributed by atoms with Crippen LogP contribution >= 0.6 is 0 Å². The van der Waals surface area contributed by atoms with Crippen LogP contribution in [0.5, 0.6) is 0 Å². The molecule has 5 rings (SSSR count). The first-order chi connectivity index (χ1) is 16.2. The van der Waals surface area contributed by atoms with Gasteiger partial charge in [-0.1, -0.05) is 30.3 Å². The van der Waals surface area contributed by atoms with Gasteiger partial charge in [-0.05, 0) is 68.4 Å². The van der Waals surface area contributed by atoms with E-state index in [0.717, 1.165) is 47.2 Å². The molecule has 2 aromatic carbocycles. The van der Waals surface area contributed by atoms with Gasteiger partial charge in [-0.2, -0.15) is 5.10 Å². The number of likely N-dealkylation sites (N-methyl/N-ethyl adjacent to an activating group) is 1. The molecule has 1 fully saturated rings. The lowest BCUT2D eigenvalue weighted by atomic mass is 9.95. The second-order valence-electron chi connectivity index (χ2n) is 9.28. The molecule has 0 spiro atoms. The van der Waals surface area contributed by atoms with E-state index < -0.39 is 10.0 Å². The van der Waals surface area contributed by atoms with Crippen LogP contribution in [0.15, 0.2) is 65.6 Å². The Balaban J connectivity index is 1.54. The summed E-state index contributed by atoms with van der Waals surface area (Å²) in [6.45, 7) is 0.929. The fourth-order valence-electron chi connectivity index (χ4n) is 4.56. The maximum absolute atomic E-state index is 12.7. The number of fused-ring (bicyclic) bond motifs is 1. The van der Waals surface area contributed by atoms with E-state index in [4.69, 9.17) is 10.7 Å². The Labute approximate surface area is 199 Å². The third-order valence-electron chi connectivity index (χ3n) is 6.34. The van der Waals surface area contributed by atoms with Crippen LogP contribution in [0.2, 0.25) is 0 Å². The fourth-order valence-corrected chi connectivity index (χ4v) is 5.64. The Morgan fingerprint density at radius 3 is 2.38 bits per heavy atom. The molecule has 0 saturated heterocycles. The summed E-state index contributed by atoms with van der Waals surface area (Å²) in [5, 5.41) is 5.22. The zero-order valence-corrected chi connectivity index (χ0v) is 20.3. The lowest BCUT2D eigenvalue weighted by Gasteiger charge is -2.21. The third-order valence-corrected chi connectivity index (χ3v) is 7.74. The van der Waals surface area contributed by atoms with Crippen molar-refractivity contribution in [3.05, 3.63) is 66.4 Å². The highest BCUT2D eigenvalue weighted by Gasteiger charge is 2.46. The predicted molar refractivity (Wildman–Crippen MR) is 135 cm³/mol. The van der Waals surface area contributed by atoms with Gasteiger partial charge in [-0.25, -0.2) is 18.1 Å². The van der Waals surface area contributed by atoms with Crippen LogP contribution in [-0.4, -0.2) is 48.7 Å². The molecule has 0 atom stereocenters. The van der Waals surface area contributed by atoms with Crippen molar-refractivity contribution in [2.45, 2.75) is 23.2 Å². The number of aromatic nitrogens is 3. The van der Waals surface area contributed by atoms with Gasteiger partial charge in [0.25, 0.3) is 10.0 Å². The predicted octanol–water partition coefficient (Wildman–Crippen LogP) is 3.61. The molecule has 4 aromatic rings. The largest absolute Gasteiger partial charge is 0.382 e. The minimum atomic E-state index is -3.66. The number of hydrogen-bond acceptors (Lipinski definition) is 6. The molecule has 0 bridgehead atoms. The average molecular weight is 477 g/mol. The van der Waals surface area contributed by atoms with Crippen molar-refractivity contribution in [1.29, 1.82) is 0 Å². The topological polar surface area (TPSA) is 106 Å². The highest BCUT2D eigenvalue weighted by molar-refractivity contribution is 7.92. The minimum absolute atomic E-state index is 0.0384. The number of benzene rings is 2. The monoisotopic (exact) mass is 476 g/mol. The van der Waals surface area contributed by atoms with Gasteiger partial charge in [-0.15, -0.1) is 0 Å². The van der Waals surface area contributed by atoms with Gasteiger partial charge in [0, 0.05) is 24.7 Å². The molecule has 2 aromatic heterocycles. The number of sulfonamides is 1. The van der Waals surface area contributed by atoms with E-state index in [-0.39, 0.29) is 10.3 Å². The molecule has 0 amide bonds. The van der Waals surface area contributed by atoms with E-state index in [0.29, 0.717) is 11.5 Å². The lowest BCUT2D eigenvalue weighted by molar-refractivity contribution is 0.359. The van der Waals surface area contributed by atoms with Gasteiger partial charge in [0.15, 0.2) is 11.5 Å². The van der Waals surface area contributed by atoms with E-state index in [1.165, 1.54) is 0 Å². The molecule has 9 heteroatoms. The molecule has 2 heterocycles. The van der Waals surface area contributed by atoms with Crippen LogP contribution in [0.1, 0.15) is 18.5 Å². The quantitative estimate of drug-likeness (QED) is 0.422. The minimum Gasteiger partial charge on any atom is -0.382 e. The van der Waals surface area contributed by atoms with E-state index in [9.17, 15) is 8.42 Å². The lowest BCUT2D eigenvalue weighted by Crippen LogP contribution is -2.26. The first-order valence-corrected chi connectivity index (χ1v) is 12.6. The third kappa shape index (κ3) is 4.01. The normalized spacial score (nSPS) is 15.1. The molecule has 34 heavy (non-hydrogen) atoms. The number of nitrogens with two attached hydrogens (primary N) is 1. The summed E-state index contributed by atoms with van der Waals surface area (Å²) in [6.07, 6.45) is 2.19. The molecule has 1 aliphatic rings. The molecule has 0 unspecified atom stereocenters. The molecule has 176 valence electrons. The zero-order valence-electron chi connectivity index (χ0n) is 19.5. The molecule has 1 saturated carbocycles. The van der Waals surface area contributed by atoms with Crippen LogP contribution in [0, 0.1) is 0 Å². The van der Waals surface area contributed by atoms with Gasteiger partial charge in [0.2, 0.25) is 0 Å². The first-order valence-electron chi connectivity index (χ1n) is 11.2. The van der Waals surface area contributed by atoms with Crippen molar-refractivity contribution in [3.63, 3.8) is 0 Å². The standard InChI is InChI=1S/C25H28N6O2S/c1-30(2)16-25(13-14-25)21-15-20(22-23(26)28-31(3)24(22)27-21)17-9-11-18(12-10-17)29-34(32,33)19-7-5-4-6-8-19/h4-12,15,29H,13-14,16H2,1-3H3,(H2,26,28). The molecule has 8 nitrogen and oxygen atoms in total. The van der Waals surface area contributed by atoms with Crippen molar-refractivity contribution in [3.8, 4) is 11.1 Å². The van der Waals surface area contributed by atoms with Crippen molar-refractivity contribution in [2.75, 3.05) is 31.1 Å². The van der Waals surface area contributed by atoms with Gasteiger partial charge in [0.1, 0.15) is 0 Å². The van der Waals surface area contributed by atoms with Gasteiger partial charge in [-0.3, -0.25) is 4.72 Å². The number of nitrogens with zero attached hydrogens (tertiary/aromatic N) is 4. The number of aryl methyl sites for hydroxylation is 1. The number of rotatable bonds is 7. The van der Waals surface area contributed by atoms with Crippen molar-refractivity contribution < 1.29 is 8.42 Å². The summed E-state index contributed by atoms with van der Waals surface area (Å²) < 4.78 is 29.7. The smallest absolute Gasteiger partial charge is 0.261 e. The summed E-state index contributed by atoms with van der Waals surface area (Å²) >= 11 is 0. The Hall–Kier alpha value is -3.43. The fraction of sp³-hybridized carbons (Fsp3) is 0.280. The van der Waals surface area contributed by atoms with Crippen LogP contribution in [-0.2, 0) is 22.5 Å². The summed E-state index contributed by atoms with van der Waals surface area (Å²) in [4.78, 5) is 7.39. The summed E-state index contributed by atoms with van der Waals surface area (Å²) in [7, 11) is 2.36. The Morgan fingerprint density at radius 2 is 1.76 bits per heavy atom. The highest BCUT2D eigenvalue weighted by Crippen LogP contribution is 2.49. The molecule has 0 radical (unpaired) electrons. The molecule has 0 aliphatic heterocycles. The van der Waals surface area contributed by atoms with Crippen molar-refractivity contribution in [1.82, 2.24) is 19.7 Å². The second kappa shape index (κ2) is 8.11. The number of hydrogen-bond donors (Lipinski definition) is 2. The Morgan fingerprint density at radius 1 is 1.09 bits per heavy atom. The summed E-state index contributed by atoms with van der Waals surface area (Å²) in [6, 6.07) is 17.8. The van der Waals surface area contributed by atoms with Crippen LogP contribution in [0.3, 0.4) is 0 Å². The number of anilines is 2. The van der Waals surface area contributed by atoms with Crippen molar-refractivity contribution >= 4 is 32.6 Å². The van der Waals surface area contributed by atoms with E-state index in [1.807, 2.05) is 19.2 Å². The maximum Gasteiger partial charge on any atom is 0.261 e. The molecule has 1 aliphatic carbocycles. The zero-order chi connectivity index (χ0) is 24.1. The summed E-state index contributed by atoms with van der Waals surface area (Å²) in [5.41, 5.74) is 10.5. The second-order valence-corrected chi connectivity index (χ2v) is 11.0. The average Bonchev–Trinajstić information content (AvgIpc) is 3.52. The Kier molecular flexibility index (Phi) is 5.33. The highest BCUT2D eigenvalue weighted by atomic mass is 32.2. The summed E-state index contributed by atoms with van der Waals surface area (Å²) in [5.74, 6) is 0.429. The van der Waals surface area contributed by atoms with E-state index >= 15 is 0 Å². The Bertz CT molecular complexity index is 1460. The van der Waals surface area contributed by atoms with Crippen LogP contribution in [0.25, 0.3) is 22.2 Å². The van der Waals surface area contributed by atoms with E-state index in [2.05, 4.69) is 34.9 Å². The van der Waals surface area contributed by atoms with Gasteiger partial charge in [0.05, 0.1) is 16.0 Å². The van der Waals surface area contributed by atoms with Gasteiger partial charge >= 0.3 is 0 Å². The number of nitrogen functional groups attached to an aromatic ring is 1. The van der Waals surface area contributed by atoms with Gasteiger partial charge < -0.3 is 10.6 Å².